The second kappa shape index (κ2) is 10.3. The molecule has 0 fully saturated rings. The number of nitrogens with zero attached hydrogens (tertiary/aromatic N) is 2. The number of methoxy groups -OCH3 is 1. The maximum Gasteiger partial charge on any atom is 0.255 e. The molecule has 1 amide bonds. The van der Waals surface area contributed by atoms with E-state index >= 15 is 0 Å². The normalized spacial score (nSPS) is 10.8. The molecule has 3 aromatic rings. The van der Waals surface area contributed by atoms with Gasteiger partial charge in [0.25, 0.3) is 5.91 Å². The second-order valence-corrected chi connectivity index (χ2v) is 7.42. The van der Waals surface area contributed by atoms with Crippen molar-refractivity contribution in [3.05, 3.63) is 70.5 Å². The molecule has 6 nitrogen and oxygen atoms in total. The van der Waals surface area contributed by atoms with Gasteiger partial charge in [0.1, 0.15) is 11.5 Å². The quantitative estimate of drug-likeness (QED) is 0.479. The first kappa shape index (κ1) is 23.2. The number of amides is 1. The van der Waals surface area contributed by atoms with Crippen molar-refractivity contribution in [1.29, 1.82) is 0 Å². The van der Waals surface area contributed by atoms with Crippen LogP contribution in [0.3, 0.4) is 0 Å². The van der Waals surface area contributed by atoms with E-state index in [2.05, 4.69) is 17.3 Å². The Hall–Kier alpha value is -3.42. The van der Waals surface area contributed by atoms with Gasteiger partial charge in [-0.2, -0.15) is 5.10 Å². The summed E-state index contributed by atoms with van der Waals surface area (Å²) in [5, 5.41) is 7.14. The van der Waals surface area contributed by atoms with E-state index < -0.39 is 11.6 Å². The summed E-state index contributed by atoms with van der Waals surface area (Å²) in [6, 6.07) is 8.73. The topological polar surface area (TPSA) is 65.4 Å². The molecule has 32 heavy (non-hydrogen) atoms. The Labute approximate surface area is 186 Å². The van der Waals surface area contributed by atoms with Gasteiger partial charge in [-0.25, -0.2) is 13.5 Å². The van der Waals surface area contributed by atoms with Crippen LogP contribution in [0.25, 0.3) is 5.69 Å². The Morgan fingerprint density at radius 2 is 1.91 bits per heavy atom. The largest absolute Gasteiger partial charge is 0.493 e. The fraction of sp³-hybridized carbons (Fsp3) is 0.333. The molecular weight excluding hydrogens is 416 g/mol. The molecule has 0 saturated heterocycles. The number of aromatic nitrogens is 2. The number of unbranched alkanes of at least 4 members (excludes halogenated alkanes) is 1. The van der Waals surface area contributed by atoms with Crippen molar-refractivity contribution in [2.24, 2.45) is 0 Å². The number of carbonyl (C=O) groups excluding carboxylic acids is 1. The third-order valence-electron chi connectivity index (χ3n) is 5.09. The molecule has 0 atom stereocenters. The molecule has 170 valence electrons. The highest BCUT2D eigenvalue weighted by molar-refractivity contribution is 5.96. The van der Waals surface area contributed by atoms with Crippen LogP contribution in [0.5, 0.6) is 11.5 Å². The molecule has 0 aliphatic carbocycles. The molecule has 0 saturated carbocycles. The lowest BCUT2D eigenvalue weighted by Crippen LogP contribution is -2.24. The molecule has 0 radical (unpaired) electrons. The van der Waals surface area contributed by atoms with E-state index in [0.717, 1.165) is 30.5 Å². The minimum Gasteiger partial charge on any atom is -0.493 e. The van der Waals surface area contributed by atoms with E-state index in [-0.39, 0.29) is 18.1 Å². The predicted molar refractivity (Wildman–Crippen MR) is 118 cm³/mol. The van der Waals surface area contributed by atoms with Gasteiger partial charge in [0.05, 0.1) is 30.7 Å². The van der Waals surface area contributed by atoms with Crippen molar-refractivity contribution < 1.29 is 23.0 Å². The van der Waals surface area contributed by atoms with Gasteiger partial charge in [-0.15, -0.1) is 0 Å². The molecule has 0 aliphatic rings. The lowest BCUT2D eigenvalue weighted by atomic mass is 10.1. The van der Waals surface area contributed by atoms with E-state index in [1.807, 2.05) is 18.2 Å². The Morgan fingerprint density at radius 1 is 1.12 bits per heavy atom. The van der Waals surface area contributed by atoms with Crippen molar-refractivity contribution in [3.8, 4) is 17.2 Å². The SMILES string of the molecule is CCCCOc1ccc(CNC(=O)c2c(C)nn(-c3ccc(F)cc3F)c2C)cc1OC. The molecule has 8 heteroatoms. The Bertz CT molecular complexity index is 1110. The summed E-state index contributed by atoms with van der Waals surface area (Å²) in [6.07, 6.45) is 1.99. The van der Waals surface area contributed by atoms with E-state index in [4.69, 9.17) is 9.47 Å². The molecule has 1 aromatic heterocycles. The van der Waals surface area contributed by atoms with Gasteiger partial charge in [-0.05, 0) is 50.1 Å². The van der Waals surface area contributed by atoms with Gasteiger partial charge in [0, 0.05) is 12.6 Å². The van der Waals surface area contributed by atoms with E-state index in [9.17, 15) is 13.6 Å². The number of hydrogen-bond acceptors (Lipinski definition) is 4. The maximum absolute atomic E-state index is 14.2. The van der Waals surface area contributed by atoms with Gasteiger partial charge in [-0.3, -0.25) is 4.79 Å². The molecule has 0 aliphatic heterocycles. The molecule has 0 unspecified atom stereocenters. The summed E-state index contributed by atoms with van der Waals surface area (Å²) in [4.78, 5) is 12.9. The fourth-order valence-corrected chi connectivity index (χ4v) is 3.40. The minimum absolute atomic E-state index is 0.0782. The van der Waals surface area contributed by atoms with Gasteiger partial charge in [0.2, 0.25) is 0 Å². The van der Waals surface area contributed by atoms with Crippen molar-refractivity contribution in [3.63, 3.8) is 0 Å². The van der Waals surface area contributed by atoms with Crippen molar-refractivity contribution in [2.45, 2.75) is 40.2 Å². The Kier molecular flexibility index (Phi) is 7.45. The van der Waals surface area contributed by atoms with Gasteiger partial charge in [0.15, 0.2) is 17.3 Å². The van der Waals surface area contributed by atoms with Crippen LogP contribution in [0.4, 0.5) is 8.78 Å². The Balaban J connectivity index is 1.75. The lowest BCUT2D eigenvalue weighted by molar-refractivity contribution is 0.0949. The van der Waals surface area contributed by atoms with Crippen molar-refractivity contribution >= 4 is 5.91 Å². The molecular formula is C24H27F2N3O3. The number of hydrogen-bond donors (Lipinski definition) is 1. The van der Waals surface area contributed by atoms with Crippen LogP contribution >= 0.6 is 0 Å². The molecule has 2 aromatic carbocycles. The van der Waals surface area contributed by atoms with Crippen LogP contribution in [0, 0.1) is 25.5 Å². The Morgan fingerprint density at radius 3 is 2.59 bits per heavy atom. The van der Waals surface area contributed by atoms with Crippen LogP contribution < -0.4 is 14.8 Å². The first-order valence-electron chi connectivity index (χ1n) is 10.4. The first-order valence-corrected chi connectivity index (χ1v) is 10.4. The number of nitrogens with one attached hydrogen (secondary N) is 1. The molecule has 1 N–H and O–H groups in total. The van der Waals surface area contributed by atoms with E-state index in [1.54, 1.807) is 21.0 Å². The van der Waals surface area contributed by atoms with E-state index in [0.29, 0.717) is 35.1 Å². The summed E-state index contributed by atoms with van der Waals surface area (Å²) in [5.41, 5.74) is 2.17. The number of benzene rings is 2. The average Bonchev–Trinajstić information content (AvgIpc) is 3.06. The zero-order valence-corrected chi connectivity index (χ0v) is 18.7. The van der Waals surface area contributed by atoms with Crippen LogP contribution in [-0.2, 0) is 6.54 Å². The highest BCUT2D eigenvalue weighted by Crippen LogP contribution is 2.28. The number of carbonyl (C=O) groups is 1. The summed E-state index contributed by atoms with van der Waals surface area (Å²) < 4.78 is 39.9. The summed E-state index contributed by atoms with van der Waals surface area (Å²) in [7, 11) is 1.57. The highest BCUT2D eigenvalue weighted by atomic mass is 19.1. The standard InChI is InChI=1S/C24H27F2N3O3/c1-5-6-11-32-21-10-7-17(12-22(21)31-4)14-27-24(30)23-15(2)28-29(16(23)3)20-9-8-18(25)13-19(20)26/h7-10,12-13H,5-6,11,14H2,1-4H3,(H,27,30). The number of rotatable bonds is 9. The van der Waals surface area contributed by atoms with E-state index in [1.165, 1.54) is 10.7 Å². The summed E-state index contributed by atoms with van der Waals surface area (Å²) in [5.74, 6) is -0.514. The van der Waals surface area contributed by atoms with Gasteiger partial charge < -0.3 is 14.8 Å². The summed E-state index contributed by atoms with van der Waals surface area (Å²) in [6.45, 7) is 6.31. The fourth-order valence-electron chi connectivity index (χ4n) is 3.40. The maximum atomic E-state index is 14.2. The molecule has 3 rings (SSSR count). The van der Waals surface area contributed by atoms with Crippen LogP contribution in [0.2, 0.25) is 0 Å². The minimum atomic E-state index is -0.754. The molecule has 1 heterocycles. The smallest absolute Gasteiger partial charge is 0.255 e. The van der Waals surface area contributed by atoms with Crippen molar-refractivity contribution in [2.75, 3.05) is 13.7 Å². The van der Waals surface area contributed by atoms with Crippen LogP contribution in [0.1, 0.15) is 47.1 Å². The monoisotopic (exact) mass is 443 g/mol. The summed E-state index contributed by atoms with van der Waals surface area (Å²) >= 11 is 0. The molecule has 0 bridgehead atoms. The first-order chi connectivity index (χ1) is 15.3. The zero-order chi connectivity index (χ0) is 23.3. The number of ether oxygens (including phenoxy) is 2. The number of halogens is 2. The predicted octanol–water partition coefficient (Wildman–Crippen LogP) is 4.88. The van der Waals surface area contributed by atoms with Crippen LogP contribution in [-0.4, -0.2) is 29.4 Å². The van der Waals surface area contributed by atoms with Crippen LogP contribution in [0.15, 0.2) is 36.4 Å². The highest BCUT2D eigenvalue weighted by Gasteiger charge is 2.21. The third kappa shape index (κ3) is 5.07. The van der Waals surface area contributed by atoms with Gasteiger partial charge >= 0.3 is 0 Å². The average molecular weight is 443 g/mol. The second-order valence-electron chi connectivity index (χ2n) is 7.42. The lowest BCUT2D eigenvalue weighted by Gasteiger charge is -2.12. The molecule has 0 spiro atoms. The third-order valence-corrected chi connectivity index (χ3v) is 5.09. The number of aryl methyl sites for hydroxylation is 1. The van der Waals surface area contributed by atoms with Crippen molar-refractivity contribution in [1.82, 2.24) is 15.1 Å². The zero-order valence-electron chi connectivity index (χ0n) is 18.7. The van der Waals surface area contributed by atoms with Gasteiger partial charge in [-0.1, -0.05) is 19.4 Å².